The summed E-state index contributed by atoms with van der Waals surface area (Å²) in [5, 5.41) is 12.5. The quantitative estimate of drug-likeness (QED) is 0.814. The first-order valence-corrected chi connectivity index (χ1v) is 6.24. The number of anilines is 1. The molecule has 0 aromatic carbocycles. The van der Waals surface area contributed by atoms with Crippen molar-refractivity contribution in [1.29, 1.82) is 0 Å². The van der Waals surface area contributed by atoms with Gasteiger partial charge < -0.3 is 15.3 Å². The number of hydrogen-bond donors (Lipinski definition) is 2. The Balaban J connectivity index is 1.98. The molecule has 0 bridgehead atoms. The molecule has 1 aromatic heterocycles. The molecule has 1 unspecified atom stereocenters. The maximum Gasteiger partial charge on any atom is 0.274 e. The van der Waals surface area contributed by atoms with Gasteiger partial charge in [0.15, 0.2) is 0 Å². The summed E-state index contributed by atoms with van der Waals surface area (Å²) < 4.78 is 0. The molecule has 0 aliphatic carbocycles. The van der Waals surface area contributed by atoms with E-state index in [-0.39, 0.29) is 5.91 Å². The highest BCUT2D eigenvalue weighted by molar-refractivity contribution is 5.92. The van der Waals surface area contributed by atoms with Crippen molar-refractivity contribution in [2.75, 3.05) is 25.0 Å². The van der Waals surface area contributed by atoms with Crippen molar-refractivity contribution < 1.29 is 9.90 Å². The second-order valence-electron chi connectivity index (χ2n) is 4.41. The van der Waals surface area contributed by atoms with Crippen LogP contribution in [0.1, 0.15) is 30.3 Å². The predicted octanol–water partition coefficient (Wildman–Crippen LogP) is 0.505. The highest BCUT2D eigenvalue weighted by Crippen LogP contribution is 2.12. The average molecular weight is 250 g/mol. The van der Waals surface area contributed by atoms with Gasteiger partial charge in [0.2, 0.25) is 0 Å². The molecule has 6 heteroatoms. The Morgan fingerprint density at radius 3 is 2.94 bits per heavy atom. The van der Waals surface area contributed by atoms with Crippen molar-refractivity contribution in [3.05, 3.63) is 18.1 Å². The number of nitrogens with zero attached hydrogens (tertiary/aromatic N) is 3. The van der Waals surface area contributed by atoms with Crippen molar-refractivity contribution in [2.45, 2.75) is 25.9 Å². The van der Waals surface area contributed by atoms with Crippen LogP contribution in [0.25, 0.3) is 0 Å². The molecule has 2 N–H and O–H groups in total. The maximum absolute atomic E-state index is 12.0. The number of nitrogens with one attached hydrogen (secondary N) is 1. The smallest absolute Gasteiger partial charge is 0.274 e. The number of amides is 1. The van der Waals surface area contributed by atoms with Gasteiger partial charge in [-0.1, -0.05) is 6.92 Å². The molecule has 1 aromatic rings. The molecule has 0 radical (unpaired) electrons. The molecule has 0 saturated carbocycles. The van der Waals surface area contributed by atoms with Crippen molar-refractivity contribution >= 4 is 11.7 Å². The van der Waals surface area contributed by atoms with Crippen LogP contribution >= 0.6 is 0 Å². The van der Waals surface area contributed by atoms with E-state index in [9.17, 15) is 9.90 Å². The molecule has 2 heterocycles. The van der Waals surface area contributed by atoms with Crippen LogP contribution in [0.5, 0.6) is 0 Å². The molecule has 1 aliphatic heterocycles. The van der Waals surface area contributed by atoms with Crippen LogP contribution in [0.4, 0.5) is 5.82 Å². The second kappa shape index (κ2) is 5.77. The van der Waals surface area contributed by atoms with Crippen LogP contribution in [-0.4, -0.2) is 51.6 Å². The zero-order chi connectivity index (χ0) is 13.0. The molecule has 1 saturated heterocycles. The average Bonchev–Trinajstić information content (AvgIpc) is 2.83. The third-order valence-electron chi connectivity index (χ3n) is 2.88. The third kappa shape index (κ3) is 2.95. The van der Waals surface area contributed by atoms with Gasteiger partial charge in [-0.2, -0.15) is 0 Å². The van der Waals surface area contributed by atoms with E-state index in [1.165, 1.54) is 6.20 Å². The number of carbonyl (C=O) groups is 1. The number of aromatic nitrogens is 2. The summed E-state index contributed by atoms with van der Waals surface area (Å²) in [5.41, 5.74) is 0.325. The highest BCUT2D eigenvalue weighted by Gasteiger charge is 2.26. The number of β-amino-alcohol motifs (C(OH)–C–C–N with tert-alkyl or cyclic N) is 1. The van der Waals surface area contributed by atoms with Gasteiger partial charge in [-0.25, -0.2) is 9.97 Å². The Bertz CT molecular complexity index is 407. The van der Waals surface area contributed by atoms with Crippen molar-refractivity contribution in [1.82, 2.24) is 14.9 Å². The zero-order valence-electron chi connectivity index (χ0n) is 10.5. The Hall–Kier alpha value is -1.69. The van der Waals surface area contributed by atoms with Crippen molar-refractivity contribution in [3.8, 4) is 0 Å². The fraction of sp³-hybridized carbons (Fsp3) is 0.583. The molecule has 1 amide bonds. The topological polar surface area (TPSA) is 78.4 Å². The molecule has 1 aliphatic rings. The minimum Gasteiger partial charge on any atom is -0.391 e. The molecule has 2 rings (SSSR count). The minimum atomic E-state index is -0.410. The first-order valence-electron chi connectivity index (χ1n) is 6.24. The largest absolute Gasteiger partial charge is 0.391 e. The number of hydrogen-bond acceptors (Lipinski definition) is 5. The molecular weight excluding hydrogens is 232 g/mol. The zero-order valence-corrected chi connectivity index (χ0v) is 10.5. The van der Waals surface area contributed by atoms with Crippen molar-refractivity contribution in [2.24, 2.45) is 0 Å². The van der Waals surface area contributed by atoms with E-state index in [4.69, 9.17) is 0 Å². The maximum atomic E-state index is 12.0. The predicted molar refractivity (Wildman–Crippen MR) is 67.3 cm³/mol. The molecule has 18 heavy (non-hydrogen) atoms. The summed E-state index contributed by atoms with van der Waals surface area (Å²) in [5.74, 6) is 0.510. The summed E-state index contributed by atoms with van der Waals surface area (Å²) in [6.45, 7) is 3.87. The lowest BCUT2D eigenvalue weighted by atomic mass is 10.3. The number of rotatable bonds is 4. The van der Waals surface area contributed by atoms with Gasteiger partial charge in [-0.05, 0) is 12.8 Å². The van der Waals surface area contributed by atoms with Crippen molar-refractivity contribution in [3.63, 3.8) is 0 Å². The number of aliphatic hydroxyl groups excluding tert-OH is 1. The van der Waals surface area contributed by atoms with Gasteiger partial charge in [0.05, 0.1) is 18.5 Å². The van der Waals surface area contributed by atoms with Gasteiger partial charge in [0.1, 0.15) is 11.5 Å². The van der Waals surface area contributed by atoms with Crippen LogP contribution in [0, 0.1) is 0 Å². The van der Waals surface area contributed by atoms with Gasteiger partial charge in [0.25, 0.3) is 5.91 Å². The van der Waals surface area contributed by atoms with E-state index in [2.05, 4.69) is 22.2 Å². The number of aliphatic hydroxyl groups is 1. The molecule has 6 nitrogen and oxygen atoms in total. The molecular formula is C12H18N4O2. The monoisotopic (exact) mass is 250 g/mol. The lowest BCUT2D eigenvalue weighted by Gasteiger charge is -2.14. The second-order valence-corrected chi connectivity index (χ2v) is 4.41. The van der Waals surface area contributed by atoms with Gasteiger partial charge >= 0.3 is 0 Å². The van der Waals surface area contributed by atoms with Crippen LogP contribution < -0.4 is 5.32 Å². The minimum absolute atomic E-state index is 0.166. The molecule has 1 fully saturated rings. The van der Waals surface area contributed by atoms with E-state index in [0.29, 0.717) is 31.0 Å². The van der Waals surface area contributed by atoms with Gasteiger partial charge in [-0.15, -0.1) is 0 Å². The lowest BCUT2D eigenvalue weighted by Crippen LogP contribution is -2.30. The van der Waals surface area contributed by atoms with E-state index in [1.807, 2.05) is 0 Å². The Morgan fingerprint density at radius 2 is 2.39 bits per heavy atom. The fourth-order valence-electron chi connectivity index (χ4n) is 1.87. The first kappa shape index (κ1) is 12.8. The molecule has 0 spiro atoms. The van der Waals surface area contributed by atoms with E-state index >= 15 is 0 Å². The summed E-state index contributed by atoms with van der Waals surface area (Å²) in [6, 6.07) is 0. The summed E-state index contributed by atoms with van der Waals surface area (Å²) in [7, 11) is 0. The van der Waals surface area contributed by atoms with E-state index in [1.54, 1.807) is 11.1 Å². The Morgan fingerprint density at radius 1 is 1.56 bits per heavy atom. The van der Waals surface area contributed by atoms with E-state index < -0.39 is 6.10 Å². The summed E-state index contributed by atoms with van der Waals surface area (Å²) in [4.78, 5) is 21.9. The third-order valence-corrected chi connectivity index (χ3v) is 2.88. The first-order chi connectivity index (χ1) is 8.70. The summed E-state index contributed by atoms with van der Waals surface area (Å²) in [6.07, 6.45) is 4.27. The Kier molecular flexibility index (Phi) is 4.09. The lowest BCUT2D eigenvalue weighted by molar-refractivity contribution is 0.0759. The van der Waals surface area contributed by atoms with Crippen LogP contribution in [0.15, 0.2) is 12.4 Å². The van der Waals surface area contributed by atoms with Crippen LogP contribution in [0.3, 0.4) is 0 Å². The Labute approximate surface area is 106 Å². The highest BCUT2D eigenvalue weighted by atomic mass is 16.3. The van der Waals surface area contributed by atoms with E-state index in [0.717, 1.165) is 13.0 Å². The van der Waals surface area contributed by atoms with Gasteiger partial charge in [0, 0.05) is 19.6 Å². The fourth-order valence-corrected chi connectivity index (χ4v) is 1.87. The SMILES string of the molecule is CCCNc1cnc(C(=O)N2CCC(O)C2)cn1. The summed E-state index contributed by atoms with van der Waals surface area (Å²) >= 11 is 0. The normalized spacial score (nSPS) is 19.0. The van der Waals surface area contributed by atoms with Gasteiger partial charge in [-0.3, -0.25) is 4.79 Å². The molecule has 98 valence electrons. The van der Waals surface area contributed by atoms with Crippen LogP contribution in [-0.2, 0) is 0 Å². The number of carbonyl (C=O) groups excluding carboxylic acids is 1. The number of likely N-dealkylation sites (tertiary alicyclic amines) is 1. The van der Waals surface area contributed by atoms with Crippen LogP contribution in [0.2, 0.25) is 0 Å². The standard InChI is InChI=1S/C12H18N4O2/c1-2-4-13-11-7-14-10(6-15-11)12(18)16-5-3-9(17)8-16/h6-7,9,17H,2-5,8H2,1H3,(H,13,15). The molecule has 1 atom stereocenters.